The Hall–Kier alpha value is -1.89. The average Bonchev–Trinajstić information content (AvgIpc) is 2.38. The molecule has 1 heterocycles. The summed E-state index contributed by atoms with van der Waals surface area (Å²) in [6.07, 6.45) is 6.21. The first-order chi connectivity index (χ1) is 8.19. The third kappa shape index (κ3) is 3.87. The number of nitriles is 1. The zero-order valence-electron chi connectivity index (χ0n) is 10.3. The summed E-state index contributed by atoms with van der Waals surface area (Å²) in [5, 5.41) is 8.74. The molecule has 0 N–H and O–H groups in total. The zero-order chi connectivity index (χ0) is 12.7. The zero-order valence-corrected chi connectivity index (χ0v) is 10.3. The number of unbranched alkanes of at least 4 members (excludes halogenated alkanes) is 2. The first kappa shape index (κ1) is 13.2. The molecule has 0 saturated carbocycles. The van der Waals surface area contributed by atoms with Crippen LogP contribution in [0.25, 0.3) is 0 Å². The molecule has 0 saturated heterocycles. The van der Waals surface area contributed by atoms with Crippen molar-refractivity contribution in [2.75, 3.05) is 13.6 Å². The van der Waals surface area contributed by atoms with Gasteiger partial charge >= 0.3 is 0 Å². The fraction of sp³-hybridized carbons (Fsp3) is 0.462. The van der Waals surface area contributed by atoms with Gasteiger partial charge in [-0.3, -0.25) is 9.78 Å². The lowest BCUT2D eigenvalue weighted by Crippen LogP contribution is -2.27. The lowest BCUT2D eigenvalue weighted by molar-refractivity contribution is 0.0792. The van der Waals surface area contributed by atoms with Crippen LogP contribution in [0.5, 0.6) is 0 Å². The van der Waals surface area contributed by atoms with E-state index in [-0.39, 0.29) is 5.91 Å². The van der Waals surface area contributed by atoms with E-state index in [0.717, 1.165) is 25.8 Å². The highest BCUT2D eigenvalue weighted by atomic mass is 16.2. The molecule has 1 amide bonds. The SMILES string of the molecule is CCCCCN(C)C(=O)c1cncc(C#N)c1. The van der Waals surface area contributed by atoms with Crippen LogP contribution < -0.4 is 0 Å². The first-order valence-electron chi connectivity index (χ1n) is 5.79. The minimum Gasteiger partial charge on any atom is -0.342 e. The van der Waals surface area contributed by atoms with Crippen LogP contribution in [0.1, 0.15) is 42.1 Å². The molecule has 0 aliphatic carbocycles. The van der Waals surface area contributed by atoms with Crippen LogP contribution in [0.2, 0.25) is 0 Å². The van der Waals surface area contributed by atoms with Crippen molar-refractivity contribution in [3.8, 4) is 6.07 Å². The van der Waals surface area contributed by atoms with Crippen LogP contribution in [-0.2, 0) is 0 Å². The number of pyridine rings is 1. The summed E-state index contributed by atoms with van der Waals surface area (Å²) in [6, 6.07) is 3.56. The van der Waals surface area contributed by atoms with E-state index < -0.39 is 0 Å². The van der Waals surface area contributed by atoms with Gasteiger partial charge in [-0.05, 0) is 12.5 Å². The number of hydrogen-bond donors (Lipinski definition) is 0. The summed E-state index contributed by atoms with van der Waals surface area (Å²) in [6.45, 7) is 2.87. The van der Waals surface area contributed by atoms with Crippen molar-refractivity contribution in [2.24, 2.45) is 0 Å². The Labute approximate surface area is 102 Å². The minimum atomic E-state index is -0.0781. The molecule has 0 bridgehead atoms. The van der Waals surface area contributed by atoms with Crippen molar-refractivity contribution in [2.45, 2.75) is 26.2 Å². The first-order valence-corrected chi connectivity index (χ1v) is 5.79. The van der Waals surface area contributed by atoms with Gasteiger partial charge in [0.25, 0.3) is 5.91 Å². The normalized spacial score (nSPS) is 9.71. The van der Waals surface area contributed by atoms with Crippen molar-refractivity contribution in [1.82, 2.24) is 9.88 Å². The maximum absolute atomic E-state index is 12.0. The van der Waals surface area contributed by atoms with Gasteiger partial charge in [0.1, 0.15) is 6.07 Å². The topological polar surface area (TPSA) is 57.0 Å². The van der Waals surface area contributed by atoms with Gasteiger partial charge in [-0.15, -0.1) is 0 Å². The monoisotopic (exact) mass is 231 g/mol. The van der Waals surface area contributed by atoms with Gasteiger partial charge < -0.3 is 4.90 Å². The Morgan fingerprint density at radius 3 is 2.88 bits per heavy atom. The minimum absolute atomic E-state index is 0.0781. The van der Waals surface area contributed by atoms with Crippen LogP contribution in [0.3, 0.4) is 0 Å². The molecule has 0 atom stereocenters. The Morgan fingerprint density at radius 1 is 1.47 bits per heavy atom. The third-order valence-corrected chi connectivity index (χ3v) is 2.56. The molecule has 90 valence electrons. The van der Waals surface area contributed by atoms with Gasteiger partial charge in [0, 0.05) is 26.0 Å². The maximum atomic E-state index is 12.0. The van der Waals surface area contributed by atoms with E-state index in [0.29, 0.717) is 11.1 Å². The van der Waals surface area contributed by atoms with Crippen LogP contribution >= 0.6 is 0 Å². The summed E-state index contributed by atoms with van der Waals surface area (Å²) in [7, 11) is 1.77. The standard InChI is InChI=1S/C13H17N3O/c1-3-4-5-6-16(2)13(17)12-7-11(8-14)9-15-10-12/h7,9-10H,3-6H2,1-2H3. The molecule has 4 nitrogen and oxygen atoms in total. The number of nitrogens with zero attached hydrogens (tertiary/aromatic N) is 3. The molecule has 0 aliphatic rings. The molecule has 0 aliphatic heterocycles. The van der Waals surface area contributed by atoms with Crippen LogP contribution in [0, 0.1) is 11.3 Å². The summed E-state index contributed by atoms with van der Waals surface area (Å²) < 4.78 is 0. The number of carbonyl (C=O) groups excluding carboxylic acids is 1. The van der Waals surface area contributed by atoms with Crippen molar-refractivity contribution in [3.63, 3.8) is 0 Å². The quantitative estimate of drug-likeness (QED) is 0.730. The third-order valence-electron chi connectivity index (χ3n) is 2.56. The van der Waals surface area contributed by atoms with Crippen LogP contribution in [-0.4, -0.2) is 29.4 Å². The molecule has 1 aromatic heterocycles. The number of carbonyl (C=O) groups is 1. The number of aromatic nitrogens is 1. The van der Waals surface area contributed by atoms with Gasteiger partial charge in [0.2, 0.25) is 0 Å². The number of hydrogen-bond acceptors (Lipinski definition) is 3. The molecular formula is C13H17N3O. The highest BCUT2D eigenvalue weighted by molar-refractivity contribution is 5.94. The van der Waals surface area contributed by atoms with E-state index in [1.54, 1.807) is 18.0 Å². The van der Waals surface area contributed by atoms with Crippen molar-refractivity contribution in [3.05, 3.63) is 29.6 Å². The van der Waals surface area contributed by atoms with Crippen molar-refractivity contribution >= 4 is 5.91 Å². The maximum Gasteiger partial charge on any atom is 0.255 e. The lowest BCUT2D eigenvalue weighted by Gasteiger charge is -2.16. The second-order valence-electron chi connectivity index (χ2n) is 4.01. The van der Waals surface area contributed by atoms with Gasteiger partial charge in [0.05, 0.1) is 11.1 Å². The Balaban J connectivity index is 2.65. The summed E-state index contributed by atoms with van der Waals surface area (Å²) in [4.78, 5) is 17.5. The van der Waals surface area contributed by atoms with Gasteiger partial charge in [-0.25, -0.2) is 0 Å². The second-order valence-corrected chi connectivity index (χ2v) is 4.01. The van der Waals surface area contributed by atoms with E-state index in [4.69, 9.17) is 5.26 Å². The molecule has 4 heteroatoms. The average molecular weight is 231 g/mol. The van der Waals surface area contributed by atoms with Crippen molar-refractivity contribution in [1.29, 1.82) is 5.26 Å². The van der Waals surface area contributed by atoms with E-state index in [1.165, 1.54) is 12.4 Å². The highest BCUT2D eigenvalue weighted by Crippen LogP contribution is 2.06. The molecule has 0 aromatic carbocycles. The van der Waals surface area contributed by atoms with E-state index >= 15 is 0 Å². The molecule has 0 spiro atoms. The second kappa shape index (κ2) is 6.64. The fourth-order valence-electron chi connectivity index (χ4n) is 1.54. The van der Waals surface area contributed by atoms with E-state index in [1.807, 2.05) is 6.07 Å². The van der Waals surface area contributed by atoms with Gasteiger partial charge in [-0.2, -0.15) is 5.26 Å². The Kier molecular flexibility index (Phi) is 5.15. The predicted octanol–water partition coefficient (Wildman–Crippen LogP) is 2.22. The van der Waals surface area contributed by atoms with Crippen molar-refractivity contribution < 1.29 is 4.79 Å². The smallest absolute Gasteiger partial charge is 0.255 e. The molecule has 1 aromatic rings. The molecule has 0 fully saturated rings. The number of rotatable bonds is 5. The Morgan fingerprint density at radius 2 is 2.24 bits per heavy atom. The van der Waals surface area contributed by atoms with E-state index in [2.05, 4.69) is 11.9 Å². The summed E-state index contributed by atoms with van der Waals surface area (Å²) >= 11 is 0. The molecule has 1 rings (SSSR count). The van der Waals surface area contributed by atoms with E-state index in [9.17, 15) is 4.79 Å². The van der Waals surface area contributed by atoms with Gasteiger partial charge in [0.15, 0.2) is 0 Å². The highest BCUT2D eigenvalue weighted by Gasteiger charge is 2.11. The Bertz CT molecular complexity index is 423. The fourth-order valence-corrected chi connectivity index (χ4v) is 1.54. The molecule has 0 radical (unpaired) electrons. The molecular weight excluding hydrogens is 214 g/mol. The lowest BCUT2D eigenvalue weighted by atomic mass is 10.2. The van der Waals surface area contributed by atoms with Crippen LogP contribution in [0.15, 0.2) is 18.5 Å². The summed E-state index contributed by atoms with van der Waals surface area (Å²) in [5.41, 5.74) is 0.890. The number of amides is 1. The summed E-state index contributed by atoms with van der Waals surface area (Å²) in [5.74, 6) is -0.0781. The molecule has 17 heavy (non-hydrogen) atoms. The van der Waals surface area contributed by atoms with Crippen LogP contribution in [0.4, 0.5) is 0 Å². The predicted molar refractivity (Wildman–Crippen MR) is 65.4 cm³/mol. The molecule has 0 unspecified atom stereocenters. The largest absolute Gasteiger partial charge is 0.342 e. The van der Waals surface area contributed by atoms with Gasteiger partial charge in [-0.1, -0.05) is 19.8 Å².